The summed E-state index contributed by atoms with van der Waals surface area (Å²) < 4.78 is 1.86. The highest BCUT2D eigenvalue weighted by Crippen LogP contribution is 2.23. The SMILES string of the molecule is CCc1cc(CC(=O)C(C)(C)N2CCCCCC2)n(C)n1. The molecule has 0 spiro atoms. The van der Waals surface area contributed by atoms with Crippen LogP contribution in [0.25, 0.3) is 0 Å². The molecule has 0 aliphatic carbocycles. The highest BCUT2D eigenvalue weighted by Gasteiger charge is 2.34. The van der Waals surface area contributed by atoms with Crippen LogP contribution in [0.4, 0.5) is 0 Å². The molecule has 0 N–H and O–H groups in total. The molecule has 0 saturated carbocycles. The third-order valence-corrected chi connectivity index (χ3v) is 4.81. The lowest BCUT2D eigenvalue weighted by molar-refractivity contribution is -0.128. The standard InChI is InChI=1S/C17H29N3O/c1-5-14-12-15(19(4)18-14)13-16(21)17(2,3)20-10-8-6-7-9-11-20/h12H,5-11,13H2,1-4H3. The molecule has 1 aromatic rings. The summed E-state index contributed by atoms with van der Waals surface area (Å²) in [7, 11) is 1.93. The number of Topliss-reactive ketones (excluding diaryl/α,β-unsaturated/α-hetero) is 1. The summed E-state index contributed by atoms with van der Waals surface area (Å²) in [6.07, 6.45) is 6.40. The molecule has 1 aliphatic rings. The lowest BCUT2D eigenvalue weighted by atomic mass is 9.92. The number of aryl methyl sites for hydroxylation is 2. The summed E-state index contributed by atoms with van der Waals surface area (Å²) in [4.78, 5) is 15.2. The average Bonchev–Trinajstić information content (AvgIpc) is 2.68. The molecule has 4 heteroatoms. The zero-order chi connectivity index (χ0) is 15.5. The van der Waals surface area contributed by atoms with E-state index in [1.54, 1.807) is 0 Å². The Labute approximate surface area is 128 Å². The molecule has 2 rings (SSSR count). The number of hydrogen-bond acceptors (Lipinski definition) is 3. The zero-order valence-electron chi connectivity index (χ0n) is 14.0. The van der Waals surface area contributed by atoms with Crippen LogP contribution >= 0.6 is 0 Å². The Kier molecular flexibility index (Phi) is 5.20. The van der Waals surface area contributed by atoms with Crippen molar-refractivity contribution < 1.29 is 4.79 Å². The van der Waals surface area contributed by atoms with Gasteiger partial charge in [-0.2, -0.15) is 5.10 Å². The number of carbonyl (C=O) groups excluding carboxylic acids is 1. The Hall–Kier alpha value is -1.16. The zero-order valence-corrected chi connectivity index (χ0v) is 14.0. The Bertz CT molecular complexity index is 482. The number of hydrogen-bond donors (Lipinski definition) is 0. The van der Waals surface area contributed by atoms with Gasteiger partial charge in [-0.1, -0.05) is 19.8 Å². The van der Waals surface area contributed by atoms with E-state index in [2.05, 4.69) is 36.8 Å². The molecule has 1 aliphatic heterocycles. The van der Waals surface area contributed by atoms with Gasteiger partial charge >= 0.3 is 0 Å². The van der Waals surface area contributed by atoms with E-state index in [9.17, 15) is 4.79 Å². The van der Waals surface area contributed by atoms with E-state index in [0.717, 1.165) is 30.9 Å². The Morgan fingerprint density at radius 2 is 1.86 bits per heavy atom. The summed E-state index contributed by atoms with van der Waals surface area (Å²) in [6.45, 7) is 8.35. The van der Waals surface area contributed by atoms with Gasteiger partial charge in [0, 0.05) is 12.7 Å². The second kappa shape index (κ2) is 6.73. The van der Waals surface area contributed by atoms with Crippen molar-refractivity contribution in [2.24, 2.45) is 7.05 Å². The van der Waals surface area contributed by atoms with Crippen LogP contribution in [0, 0.1) is 0 Å². The molecule has 4 nitrogen and oxygen atoms in total. The van der Waals surface area contributed by atoms with Gasteiger partial charge in [0.25, 0.3) is 0 Å². The third kappa shape index (κ3) is 3.73. The van der Waals surface area contributed by atoms with Gasteiger partial charge < -0.3 is 0 Å². The molecule has 0 unspecified atom stereocenters. The van der Waals surface area contributed by atoms with Crippen LogP contribution in [0.15, 0.2) is 6.07 Å². The van der Waals surface area contributed by atoms with Crippen molar-refractivity contribution in [3.63, 3.8) is 0 Å². The van der Waals surface area contributed by atoms with Gasteiger partial charge in [-0.25, -0.2) is 0 Å². The maximum Gasteiger partial charge on any atom is 0.158 e. The Morgan fingerprint density at radius 1 is 1.24 bits per heavy atom. The minimum absolute atomic E-state index is 0.301. The summed E-state index contributed by atoms with van der Waals surface area (Å²) in [5, 5.41) is 4.44. The minimum Gasteiger partial charge on any atom is -0.297 e. The summed E-state index contributed by atoms with van der Waals surface area (Å²) in [6, 6.07) is 2.07. The fourth-order valence-electron chi connectivity index (χ4n) is 3.10. The Morgan fingerprint density at radius 3 is 2.38 bits per heavy atom. The van der Waals surface area contributed by atoms with Gasteiger partial charge in [0.2, 0.25) is 0 Å². The van der Waals surface area contributed by atoms with Gasteiger partial charge in [-0.15, -0.1) is 0 Å². The van der Waals surface area contributed by atoms with Crippen LogP contribution in [0.2, 0.25) is 0 Å². The van der Waals surface area contributed by atoms with Gasteiger partial charge in [-0.3, -0.25) is 14.4 Å². The molecule has 1 fully saturated rings. The molecule has 0 aromatic carbocycles. The number of ketones is 1. The maximum atomic E-state index is 12.8. The summed E-state index contributed by atoms with van der Waals surface area (Å²) >= 11 is 0. The first kappa shape index (κ1) is 16.2. The van der Waals surface area contributed by atoms with Crippen molar-refractivity contribution in [3.05, 3.63) is 17.5 Å². The second-order valence-corrected chi connectivity index (χ2v) is 6.66. The van der Waals surface area contributed by atoms with Crippen molar-refractivity contribution in [1.82, 2.24) is 14.7 Å². The number of likely N-dealkylation sites (tertiary alicyclic amines) is 1. The lowest BCUT2D eigenvalue weighted by Crippen LogP contribution is -2.51. The number of aromatic nitrogens is 2. The van der Waals surface area contributed by atoms with Crippen LogP contribution in [-0.4, -0.2) is 39.1 Å². The first-order chi connectivity index (χ1) is 9.95. The Balaban J connectivity index is 2.07. The minimum atomic E-state index is -0.374. The summed E-state index contributed by atoms with van der Waals surface area (Å²) in [5.74, 6) is 0.301. The molecule has 118 valence electrons. The maximum absolute atomic E-state index is 12.8. The van der Waals surface area contributed by atoms with Gasteiger partial charge in [0.15, 0.2) is 5.78 Å². The van der Waals surface area contributed by atoms with E-state index in [-0.39, 0.29) is 5.54 Å². The van der Waals surface area contributed by atoms with Crippen molar-refractivity contribution in [2.45, 2.75) is 64.8 Å². The highest BCUT2D eigenvalue weighted by atomic mass is 16.1. The van der Waals surface area contributed by atoms with E-state index in [0.29, 0.717) is 12.2 Å². The van der Waals surface area contributed by atoms with Gasteiger partial charge in [0.05, 0.1) is 17.7 Å². The van der Waals surface area contributed by atoms with Crippen LogP contribution in [0.5, 0.6) is 0 Å². The van der Waals surface area contributed by atoms with E-state index >= 15 is 0 Å². The van der Waals surface area contributed by atoms with E-state index in [1.807, 2.05) is 11.7 Å². The van der Waals surface area contributed by atoms with Crippen molar-refractivity contribution in [3.8, 4) is 0 Å². The summed E-state index contributed by atoms with van der Waals surface area (Å²) in [5.41, 5.74) is 1.72. The first-order valence-corrected chi connectivity index (χ1v) is 8.25. The second-order valence-electron chi connectivity index (χ2n) is 6.66. The number of nitrogens with zero attached hydrogens (tertiary/aromatic N) is 3. The van der Waals surface area contributed by atoms with Crippen molar-refractivity contribution in [2.75, 3.05) is 13.1 Å². The van der Waals surface area contributed by atoms with Crippen molar-refractivity contribution >= 4 is 5.78 Å². The average molecular weight is 291 g/mol. The van der Waals surface area contributed by atoms with Crippen LogP contribution in [-0.2, 0) is 24.7 Å². The first-order valence-electron chi connectivity index (χ1n) is 8.25. The topological polar surface area (TPSA) is 38.1 Å². The predicted octanol–water partition coefficient (Wildman–Crippen LogP) is 2.75. The molecule has 0 atom stereocenters. The number of rotatable bonds is 5. The number of carbonyl (C=O) groups is 1. The van der Waals surface area contributed by atoms with E-state index in [4.69, 9.17) is 0 Å². The van der Waals surface area contributed by atoms with E-state index in [1.165, 1.54) is 25.7 Å². The van der Waals surface area contributed by atoms with Crippen LogP contribution in [0.1, 0.15) is 57.8 Å². The molecule has 1 saturated heterocycles. The normalized spacial score (nSPS) is 17.7. The molecular formula is C17H29N3O. The predicted molar refractivity (Wildman–Crippen MR) is 85.4 cm³/mol. The molecule has 21 heavy (non-hydrogen) atoms. The quantitative estimate of drug-likeness (QED) is 0.837. The molecule has 0 radical (unpaired) electrons. The van der Waals surface area contributed by atoms with E-state index < -0.39 is 0 Å². The molecule has 0 bridgehead atoms. The van der Waals surface area contributed by atoms with Crippen LogP contribution < -0.4 is 0 Å². The molecule has 0 amide bonds. The third-order valence-electron chi connectivity index (χ3n) is 4.81. The fourth-order valence-corrected chi connectivity index (χ4v) is 3.10. The van der Waals surface area contributed by atoms with Crippen molar-refractivity contribution in [1.29, 1.82) is 0 Å². The smallest absolute Gasteiger partial charge is 0.158 e. The van der Waals surface area contributed by atoms with Gasteiger partial charge in [0.1, 0.15) is 0 Å². The molecular weight excluding hydrogens is 262 g/mol. The lowest BCUT2D eigenvalue weighted by Gasteiger charge is -2.36. The molecule has 1 aromatic heterocycles. The van der Waals surface area contributed by atoms with Gasteiger partial charge in [-0.05, 0) is 52.3 Å². The highest BCUT2D eigenvalue weighted by molar-refractivity contribution is 5.89. The monoisotopic (exact) mass is 291 g/mol. The van der Waals surface area contributed by atoms with Crippen LogP contribution in [0.3, 0.4) is 0 Å². The fraction of sp³-hybridized carbons (Fsp3) is 0.765. The molecule has 2 heterocycles. The largest absolute Gasteiger partial charge is 0.297 e.